The molecule has 0 bridgehead atoms. The molecule has 5 atom stereocenters. The smallest absolute Gasteiger partial charge is 0.307 e. The van der Waals surface area contributed by atoms with Crippen LogP contribution in [0.3, 0.4) is 0 Å². The molecule has 1 aromatic carbocycles. The summed E-state index contributed by atoms with van der Waals surface area (Å²) in [4.78, 5) is 58.6. The second-order valence-corrected chi connectivity index (χ2v) is 17.5. The van der Waals surface area contributed by atoms with Gasteiger partial charge in [0.05, 0.1) is 29.2 Å². The topological polar surface area (TPSA) is 173 Å². The minimum atomic E-state index is -3.78. The monoisotopic (exact) mass is 733 g/mol. The highest BCUT2D eigenvalue weighted by molar-refractivity contribution is 7.90. The average molecular weight is 734 g/mol. The SMILES string of the molecule is CC(C)(C)OC(=O)C[C@H]1CCCCC/C=C\[C@@H]2C[C@@]2(C(=O)NS(=O)(=O)C2CC2)CC(=O)[C@@H]2C[C@@H](O)CN2C1=O.Cc1ccc2oc(Cl)nc2c1. The number of oxazole rings is 1. The summed E-state index contributed by atoms with van der Waals surface area (Å²) in [6, 6.07) is 4.83. The van der Waals surface area contributed by atoms with Crippen LogP contribution in [-0.2, 0) is 33.9 Å². The Kier molecular flexibility index (Phi) is 11.5. The lowest BCUT2D eigenvalue weighted by atomic mass is 9.90. The molecule has 1 saturated heterocycles. The van der Waals surface area contributed by atoms with Crippen molar-refractivity contribution in [3.63, 3.8) is 0 Å². The number of hydrogen-bond donors (Lipinski definition) is 2. The Morgan fingerprint density at radius 1 is 1.16 bits per heavy atom. The first-order chi connectivity index (χ1) is 23.5. The van der Waals surface area contributed by atoms with Crippen molar-refractivity contribution in [1.82, 2.24) is 14.6 Å². The number of aliphatic hydroxyl groups excluding tert-OH is 1. The van der Waals surface area contributed by atoms with Gasteiger partial charge in [0.2, 0.25) is 21.8 Å². The molecule has 3 heterocycles. The Morgan fingerprint density at radius 2 is 1.90 bits per heavy atom. The number of ketones is 1. The molecule has 6 rings (SSSR count). The van der Waals surface area contributed by atoms with Crippen molar-refractivity contribution < 1.29 is 41.9 Å². The minimum Gasteiger partial charge on any atom is -0.460 e. The molecular weight excluding hydrogens is 686 g/mol. The van der Waals surface area contributed by atoms with E-state index in [4.69, 9.17) is 20.8 Å². The summed E-state index contributed by atoms with van der Waals surface area (Å²) in [6.07, 6.45) is 7.71. The standard InChI is InChI=1S/C28H42N2O8S.C8H6ClNO/c1-27(2,3)38-24(33)13-18-9-7-5-4-6-8-10-19-15-28(19,26(35)29-39(36,37)21-11-12-21)16-23(32)22-14-20(31)17-30(22)25(18)34;1-5-2-3-7-6(4-5)10-8(9)11-7/h8,10,18-22,31H,4-7,9,11-17H2,1-3H3,(H,29,35);2-4H,1H3/b10-8-;/t18-,19-,20-,22+,28-;/m1./s1. The number of carbonyl (C=O) groups excluding carboxylic acids is 4. The van der Waals surface area contributed by atoms with Crippen molar-refractivity contribution >= 4 is 56.3 Å². The molecule has 274 valence electrons. The van der Waals surface area contributed by atoms with Crippen LogP contribution in [0.2, 0.25) is 5.35 Å². The zero-order valence-corrected chi connectivity index (χ0v) is 30.7. The summed E-state index contributed by atoms with van der Waals surface area (Å²) in [5.74, 6) is -2.85. The predicted molar refractivity (Wildman–Crippen MR) is 186 cm³/mol. The van der Waals surface area contributed by atoms with Crippen LogP contribution in [0.15, 0.2) is 34.8 Å². The summed E-state index contributed by atoms with van der Waals surface area (Å²) in [5, 5.41) is 10.1. The quantitative estimate of drug-likeness (QED) is 0.308. The van der Waals surface area contributed by atoms with Gasteiger partial charge in [0.15, 0.2) is 11.4 Å². The van der Waals surface area contributed by atoms with Crippen LogP contribution in [0.5, 0.6) is 0 Å². The van der Waals surface area contributed by atoms with E-state index < -0.39 is 56.2 Å². The number of hydrogen-bond acceptors (Lipinski definition) is 10. The fraction of sp³-hybridized carbons (Fsp3) is 0.639. The zero-order valence-electron chi connectivity index (χ0n) is 29.2. The number of halogens is 1. The molecule has 14 heteroatoms. The molecule has 2 aromatic rings. The number of ether oxygens (including phenoxy) is 1. The first-order valence-corrected chi connectivity index (χ1v) is 19.4. The van der Waals surface area contributed by atoms with Gasteiger partial charge in [0, 0.05) is 25.3 Å². The molecule has 2 amide bonds. The number of nitrogens with zero attached hydrogens (tertiary/aromatic N) is 2. The molecule has 2 aliphatic carbocycles. The first-order valence-electron chi connectivity index (χ1n) is 17.5. The van der Waals surface area contributed by atoms with Crippen LogP contribution in [-0.4, -0.2) is 76.5 Å². The van der Waals surface area contributed by atoms with Gasteiger partial charge in [-0.3, -0.25) is 23.9 Å². The highest BCUT2D eigenvalue weighted by Gasteiger charge is 2.61. The Balaban J connectivity index is 0.000000371. The van der Waals surface area contributed by atoms with Gasteiger partial charge in [0.25, 0.3) is 5.35 Å². The van der Waals surface area contributed by atoms with E-state index in [0.29, 0.717) is 25.7 Å². The van der Waals surface area contributed by atoms with E-state index in [2.05, 4.69) is 9.71 Å². The van der Waals surface area contributed by atoms with Crippen molar-refractivity contribution in [2.45, 2.75) is 121 Å². The largest absolute Gasteiger partial charge is 0.460 e. The number of allylic oxidation sites excluding steroid dienone is 2. The maximum Gasteiger partial charge on any atom is 0.307 e. The lowest BCUT2D eigenvalue weighted by molar-refractivity contribution is -0.159. The molecule has 0 spiro atoms. The van der Waals surface area contributed by atoms with Crippen LogP contribution >= 0.6 is 11.6 Å². The number of sulfonamides is 1. The van der Waals surface area contributed by atoms with Gasteiger partial charge in [0.1, 0.15) is 11.1 Å². The molecule has 2 N–H and O–H groups in total. The van der Waals surface area contributed by atoms with Crippen LogP contribution in [0, 0.1) is 24.2 Å². The number of esters is 1. The Hall–Kier alpha value is -3.29. The third kappa shape index (κ3) is 9.52. The maximum absolute atomic E-state index is 13.7. The summed E-state index contributed by atoms with van der Waals surface area (Å²) >= 11 is 5.56. The average Bonchev–Trinajstić information content (AvgIpc) is 3.91. The van der Waals surface area contributed by atoms with E-state index in [9.17, 15) is 32.7 Å². The molecule has 50 heavy (non-hydrogen) atoms. The van der Waals surface area contributed by atoms with Gasteiger partial charge in [-0.05, 0) is 101 Å². The van der Waals surface area contributed by atoms with Gasteiger partial charge in [-0.15, -0.1) is 0 Å². The van der Waals surface area contributed by atoms with Gasteiger partial charge in [-0.2, -0.15) is 4.98 Å². The van der Waals surface area contributed by atoms with Gasteiger partial charge in [-0.25, -0.2) is 8.42 Å². The van der Waals surface area contributed by atoms with E-state index in [1.165, 1.54) is 4.90 Å². The number of carbonyl (C=O) groups is 4. The molecule has 0 unspecified atom stereocenters. The Bertz CT molecular complexity index is 1750. The number of aliphatic hydroxyl groups is 1. The third-order valence-corrected chi connectivity index (χ3v) is 11.7. The lowest BCUT2D eigenvalue weighted by Gasteiger charge is -2.29. The summed E-state index contributed by atoms with van der Waals surface area (Å²) in [6.45, 7) is 7.25. The number of aromatic nitrogens is 1. The zero-order chi connectivity index (χ0) is 36.4. The van der Waals surface area contributed by atoms with E-state index in [-0.39, 0.29) is 48.8 Å². The number of rotatable bonds is 5. The van der Waals surface area contributed by atoms with Gasteiger partial charge < -0.3 is 19.2 Å². The molecule has 12 nitrogen and oxygen atoms in total. The molecule has 4 aliphatic rings. The maximum atomic E-state index is 13.7. The summed E-state index contributed by atoms with van der Waals surface area (Å²) < 4.78 is 37.8. The van der Waals surface area contributed by atoms with Gasteiger partial charge >= 0.3 is 5.97 Å². The predicted octanol–water partition coefficient (Wildman–Crippen LogP) is 5.18. The molecule has 2 saturated carbocycles. The van der Waals surface area contributed by atoms with Crippen molar-refractivity contribution in [2.24, 2.45) is 17.3 Å². The van der Waals surface area contributed by atoms with E-state index in [1.54, 1.807) is 20.8 Å². The van der Waals surface area contributed by atoms with E-state index in [1.807, 2.05) is 37.3 Å². The number of aryl methyl sites for hydroxylation is 1. The normalized spacial score (nSPS) is 28.3. The summed E-state index contributed by atoms with van der Waals surface area (Å²) in [7, 11) is -3.78. The van der Waals surface area contributed by atoms with Crippen molar-refractivity contribution in [2.75, 3.05) is 6.54 Å². The Labute approximate surface area is 298 Å². The lowest BCUT2D eigenvalue weighted by Crippen LogP contribution is -2.46. The molecule has 3 fully saturated rings. The van der Waals surface area contributed by atoms with Crippen molar-refractivity contribution in [1.29, 1.82) is 0 Å². The molecule has 0 radical (unpaired) electrons. The second-order valence-electron chi connectivity index (χ2n) is 15.2. The van der Waals surface area contributed by atoms with Crippen molar-refractivity contribution in [3.8, 4) is 0 Å². The summed E-state index contributed by atoms with van der Waals surface area (Å²) in [5.41, 5.74) is 0.823. The van der Waals surface area contributed by atoms with Crippen LogP contribution in [0.1, 0.15) is 97.0 Å². The van der Waals surface area contributed by atoms with Gasteiger partial charge in [-0.1, -0.05) is 31.1 Å². The first kappa shape index (κ1) is 38.0. The van der Waals surface area contributed by atoms with Crippen LogP contribution < -0.4 is 4.72 Å². The Morgan fingerprint density at radius 3 is 2.60 bits per heavy atom. The molecular formula is C36H48ClN3O9S. The van der Waals surface area contributed by atoms with E-state index in [0.717, 1.165) is 42.3 Å². The fourth-order valence-electron chi connectivity index (χ4n) is 6.85. The van der Waals surface area contributed by atoms with Crippen LogP contribution in [0.25, 0.3) is 11.1 Å². The van der Waals surface area contributed by atoms with E-state index >= 15 is 0 Å². The minimum absolute atomic E-state index is 0.0291. The number of Topliss-reactive ketones (excluding diaryl/α,β-unsaturated/α-hetero) is 1. The number of fused-ring (bicyclic) bond motifs is 3. The molecule has 1 aromatic heterocycles. The number of nitrogens with one attached hydrogen (secondary N) is 1. The number of amides is 2. The second kappa shape index (κ2) is 15.1. The van der Waals surface area contributed by atoms with Crippen molar-refractivity contribution in [3.05, 3.63) is 41.3 Å². The third-order valence-electron chi connectivity index (χ3n) is 9.70. The molecule has 2 aliphatic heterocycles. The van der Waals surface area contributed by atoms with Crippen LogP contribution in [0.4, 0.5) is 0 Å². The highest BCUT2D eigenvalue weighted by atomic mass is 35.5. The fourth-order valence-corrected chi connectivity index (χ4v) is 8.40. The highest BCUT2D eigenvalue weighted by Crippen LogP contribution is 2.57. The number of benzene rings is 1.